The first-order chi connectivity index (χ1) is 8.05. The van der Waals surface area contributed by atoms with Gasteiger partial charge in [0.2, 0.25) is 10.0 Å². The first-order valence-electron chi connectivity index (χ1n) is 5.62. The maximum atomic E-state index is 12.4. The van der Waals surface area contributed by atoms with Crippen molar-refractivity contribution in [3.63, 3.8) is 0 Å². The first kappa shape index (κ1) is 13.0. The highest BCUT2D eigenvalue weighted by molar-refractivity contribution is 9.09. The van der Waals surface area contributed by atoms with Gasteiger partial charge in [-0.3, -0.25) is 4.68 Å². The molecule has 1 aliphatic heterocycles. The zero-order valence-corrected chi connectivity index (χ0v) is 12.1. The van der Waals surface area contributed by atoms with Crippen LogP contribution in [0.25, 0.3) is 0 Å². The molecule has 0 saturated carbocycles. The van der Waals surface area contributed by atoms with Crippen molar-refractivity contribution in [1.29, 1.82) is 0 Å². The highest BCUT2D eigenvalue weighted by Crippen LogP contribution is 2.25. The SMILES string of the molecule is Cn1cc(S(=O)(=O)N2CCCCC2CBr)cn1. The Hall–Kier alpha value is -0.400. The second kappa shape index (κ2) is 5.07. The second-order valence-corrected chi connectivity index (χ2v) is 6.81. The molecular weight excluding hydrogens is 306 g/mol. The maximum absolute atomic E-state index is 12.4. The van der Waals surface area contributed by atoms with E-state index < -0.39 is 10.0 Å². The van der Waals surface area contributed by atoms with Crippen LogP contribution in [0.2, 0.25) is 0 Å². The van der Waals surface area contributed by atoms with Crippen LogP contribution in [0.15, 0.2) is 17.3 Å². The summed E-state index contributed by atoms with van der Waals surface area (Å²) >= 11 is 3.39. The highest BCUT2D eigenvalue weighted by atomic mass is 79.9. The van der Waals surface area contributed by atoms with E-state index in [0.29, 0.717) is 11.9 Å². The third kappa shape index (κ3) is 2.56. The molecule has 5 nitrogen and oxygen atoms in total. The third-order valence-electron chi connectivity index (χ3n) is 3.04. The van der Waals surface area contributed by atoms with Gasteiger partial charge < -0.3 is 0 Å². The molecule has 0 aliphatic carbocycles. The molecule has 0 radical (unpaired) electrons. The van der Waals surface area contributed by atoms with Crippen molar-refractivity contribution in [3.05, 3.63) is 12.4 Å². The molecular formula is C10H16BrN3O2S. The van der Waals surface area contributed by atoms with E-state index in [0.717, 1.165) is 19.3 Å². The van der Waals surface area contributed by atoms with E-state index in [2.05, 4.69) is 21.0 Å². The highest BCUT2D eigenvalue weighted by Gasteiger charge is 2.33. The smallest absolute Gasteiger partial charge is 0.246 e. The molecule has 2 rings (SSSR count). The lowest BCUT2D eigenvalue weighted by molar-refractivity contribution is 0.273. The van der Waals surface area contributed by atoms with Gasteiger partial charge in [-0.2, -0.15) is 9.40 Å². The molecule has 0 N–H and O–H groups in total. The van der Waals surface area contributed by atoms with Gasteiger partial charge in [0.05, 0.1) is 6.20 Å². The molecule has 0 amide bonds. The fourth-order valence-corrected chi connectivity index (χ4v) is 4.66. The monoisotopic (exact) mass is 321 g/mol. The van der Waals surface area contributed by atoms with Crippen LogP contribution in [0, 0.1) is 0 Å². The van der Waals surface area contributed by atoms with Crippen molar-refractivity contribution in [2.45, 2.75) is 30.2 Å². The summed E-state index contributed by atoms with van der Waals surface area (Å²) in [6.45, 7) is 0.605. The summed E-state index contributed by atoms with van der Waals surface area (Å²) in [4.78, 5) is 0.285. The van der Waals surface area contributed by atoms with Crippen LogP contribution in [0.3, 0.4) is 0 Å². The topological polar surface area (TPSA) is 55.2 Å². The molecule has 7 heteroatoms. The standard InChI is InChI=1S/C10H16BrN3O2S/c1-13-8-10(7-12-13)17(15,16)14-5-3-2-4-9(14)6-11/h7-9H,2-6H2,1H3. The zero-order valence-electron chi connectivity index (χ0n) is 9.71. The predicted molar refractivity (Wildman–Crippen MR) is 68.5 cm³/mol. The van der Waals surface area contributed by atoms with Gasteiger partial charge in [0.1, 0.15) is 4.90 Å². The van der Waals surface area contributed by atoms with Crippen LogP contribution in [0.5, 0.6) is 0 Å². The Morgan fingerprint density at radius 3 is 2.88 bits per heavy atom. The molecule has 1 aliphatic rings. The third-order valence-corrected chi connectivity index (χ3v) is 5.69. The van der Waals surface area contributed by atoms with Crippen LogP contribution in [0.1, 0.15) is 19.3 Å². The number of alkyl halides is 1. The average Bonchev–Trinajstić information content (AvgIpc) is 2.76. The molecule has 2 heterocycles. The molecule has 1 saturated heterocycles. The number of aromatic nitrogens is 2. The Kier molecular flexibility index (Phi) is 3.89. The Morgan fingerprint density at radius 2 is 2.29 bits per heavy atom. The number of hydrogen-bond acceptors (Lipinski definition) is 3. The molecule has 0 spiro atoms. The van der Waals surface area contributed by atoms with Gasteiger partial charge in [0.25, 0.3) is 0 Å². The van der Waals surface area contributed by atoms with E-state index in [4.69, 9.17) is 0 Å². The molecule has 17 heavy (non-hydrogen) atoms. The summed E-state index contributed by atoms with van der Waals surface area (Å²) in [6, 6.07) is 0.0638. The van der Waals surface area contributed by atoms with Crippen LogP contribution in [-0.2, 0) is 17.1 Å². The average molecular weight is 322 g/mol. The van der Waals surface area contributed by atoms with Gasteiger partial charge in [-0.15, -0.1) is 0 Å². The Labute approximate surface area is 110 Å². The lowest BCUT2D eigenvalue weighted by atomic mass is 10.1. The largest absolute Gasteiger partial charge is 0.274 e. The molecule has 1 aromatic rings. The van der Waals surface area contributed by atoms with E-state index in [9.17, 15) is 8.42 Å². The Balaban J connectivity index is 2.30. The van der Waals surface area contributed by atoms with Gasteiger partial charge in [-0.1, -0.05) is 22.4 Å². The van der Waals surface area contributed by atoms with Crippen molar-refractivity contribution in [3.8, 4) is 0 Å². The summed E-state index contributed by atoms with van der Waals surface area (Å²) in [5, 5.41) is 4.61. The molecule has 1 fully saturated rings. The van der Waals surface area contributed by atoms with E-state index in [1.807, 2.05) is 0 Å². The second-order valence-electron chi connectivity index (χ2n) is 4.27. The maximum Gasteiger partial charge on any atom is 0.246 e. The van der Waals surface area contributed by atoms with Crippen LogP contribution < -0.4 is 0 Å². The van der Waals surface area contributed by atoms with Crippen molar-refractivity contribution >= 4 is 26.0 Å². The number of rotatable bonds is 3. The van der Waals surface area contributed by atoms with Gasteiger partial charge in [-0.05, 0) is 12.8 Å². The molecule has 0 bridgehead atoms. The van der Waals surface area contributed by atoms with Gasteiger partial charge in [-0.25, -0.2) is 8.42 Å². The lowest BCUT2D eigenvalue weighted by Crippen LogP contribution is -2.44. The van der Waals surface area contributed by atoms with Gasteiger partial charge in [0, 0.05) is 31.2 Å². The van der Waals surface area contributed by atoms with E-state index in [1.165, 1.54) is 10.9 Å². The summed E-state index contributed by atoms with van der Waals surface area (Å²) in [7, 11) is -1.66. The summed E-state index contributed by atoms with van der Waals surface area (Å²) < 4.78 is 28.0. The normalized spacial score (nSPS) is 22.8. The molecule has 0 aromatic carbocycles. The minimum atomic E-state index is -3.38. The molecule has 96 valence electrons. The first-order valence-corrected chi connectivity index (χ1v) is 8.18. The minimum Gasteiger partial charge on any atom is -0.274 e. The Morgan fingerprint density at radius 1 is 1.53 bits per heavy atom. The van der Waals surface area contributed by atoms with E-state index in [1.54, 1.807) is 17.5 Å². The van der Waals surface area contributed by atoms with Crippen molar-refractivity contribution in [2.75, 3.05) is 11.9 Å². The van der Waals surface area contributed by atoms with Crippen molar-refractivity contribution < 1.29 is 8.42 Å². The molecule has 1 unspecified atom stereocenters. The molecule has 1 atom stereocenters. The number of hydrogen-bond donors (Lipinski definition) is 0. The molecule has 1 aromatic heterocycles. The number of piperidine rings is 1. The predicted octanol–water partition coefficient (Wildman–Crippen LogP) is 1.36. The number of aryl methyl sites for hydroxylation is 1. The number of halogens is 1. The van der Waals surface area contributed by atoms with Crippen LogP contribution in [0.4, 0.5) is 0 Å². The fraction of sp³-hybridized carbons (Fsp3) is 0.700. The fourth-order valence-electron chi connectivity index (χ4n) is 2.11. The number of sulfonamides is 1. The van der Waals surface area contributed by atoms with Gasteiger partial charge >= 0.3 is 0 Å². The zero-order chi connectivity index (χ0) is 12.5. The van der Waals surface area contributed by atoms with Crippen LogP contribution >= 0.6 is 15.9 Å². The van der Waals surface area contributed by atoms with Crippen molar-refractivity contribution in [2.24, 2.45) is 7.05 Å². The number of nitrogens with zero attached hydrogens (tertiary/aromatic N) is 3. The van der Waals surface area contributed by atoms with Crippen molar-refractivity contribution in [1.82, 2.24) is 14.1 Å². The summed E-state index contributed by atoms with van der Waals surface area (Å²) in [6.07, 6.45) is 5.91. The Bertz CT molecular complexity index is 485. The summed E-state index contributed by atoms with van der Waals surface area (Å²) in [5.41, 5.74) is 0. The lowest BCUT2D eigenvalue weighted by Gasteiger charge is -2.33. The summed E-state index contributed by atoms with van der Waals surface area (Å²) in [5.74, 6) is 0. The van der Waals surface area contributed by atoms with Crippen LogP contribution in [-0.4, -0.2) is 40.4 Å². The quantitative estimate of drug-likeness (QED) is 0.790. The van der Waals surface area contributed by atoms with E-state index >= 15 is 0 Å². The minimum absolute atomic E-state index is 0.0638. The van der Waals surface area contributed by atoms with Gasteiger partial charge in [0.15, 0.2) is 0 Å². The van der Waals surface area contributed by atoms with E-state index in [-0.39, 0.29) is 10.9 Å².